The number of carboxylic acids is 1. The fourth-order valence-corrected chi connectivity index (χ4v) is 4.42. The fourth-order valence-electron chi connectivity index (χ4n) is 4.42. The van der Waals surface area contributed by atoms with Gasteiger partial charge >= 0.3 is 11.9 Å². The number of anilines is 1. The van der Waals surface area contributed by atoms with Gasteiger partial charge in [0.1, 0.15) is 30.7 Å². The predicted octanol–water partition coefficient (Wildman–Crippen LogP) is -1.16. The number of esters is 1. The highest BCUT2D eigenvalue weighted by Gasteiger charge is 2.48. The molecule has 2 heterocycles. The molecule has 0 aromatic heterocycles. The monoisotopic (exact) mass is 709 g/mol. The minimum absolute atomic E-state index is 0.00100. The van der Waals surface area contributed by atoms with Gasteiger partial charge in [0, 0.05) is 31.5 Å². The van der Waals surface area contributed by atoms with Crippen molar-refractivity contribution in [2.45, 2.75) is 70.9 Å². The lowest BCUT2D eigenvalue weighted by molar-refractivity contribution is -0.271. The molecule has 1 aromatic rings. The number of carbonyl (C=O) groups is 6. The summed E-state index contributed by atoms with van der Waals surface area (Å²) in [5.41, 5.74) is -0.328. The average molecular weight is 710 g/mol. The minimum atomic E-state index is -1.94. The van der Waals surface area contributed by atoms with Crippen LogP contribution in [0.1, 0.15) is 39.2 Å². The van der Waals surface area contributed by atoms with Gasteiger partial charge in [0.15, 0.2) is 6.10 Å². The van der Waals surface area contributed by atoms with Crippen molar-refractivity contribution in [2.75, 3.05) is 44.8 Å². The summed E-state index contributed by atoms with van der Waals surface area (Å²) in [6, 6.07) is 4.25. The third-order valence-electron chi connectivity index (χ3n) is 7.24. The average Bonchev–Trinajstić information content (AvgIpc) is 3.37. The van der Waals surface area contributed by atoms with Crippen molar-refractivity contribution in [1.82, 2.24) is 10.2 Å². The number of ether oxygens (including phenoxy) is 5. The van der Waals surface area contributed by atoms with E-state index in [1.807, 2.05) is 0 Å². The Balaban J connectivity index is 1.48. The van der Waals surface area contributed by atoms with E-state index in [9.17, 15) is 49.2 Å². The summed E-state index contributed by atoms with van der Waals surface area (Å²) in [4.78, 5) is 72.8. The molecule has 6 N–H and O–H groups in total. The summed E-state index contributed by atoms with van der Waals surface area (Å²) in [6.07, 6.45) is -7.21. The molecule has 3 rings (SSSR count). The fraction of sp³-hybridized carbons (Fsp3) is 0.562. The quantitative estimate of drug-likeness (QED) is 0.0597. The minimum Gasteiger partial charge on any atom is -0.479 e. The largest absolute Gasteiger partial charge is 0.479 e. The second kappa shape index (κ2) is 18.5. The molecule has 1 saturated heterocycles. The Labute approximate surface area is 287 Å². The Morgan fingerprint density at radius 2 is 1.54 bits per heavy atom. The van der Waals surface area contributed by atoms with Crippen LogP contribution in [0.2, 0.25) is 0 Å². The molecule has 0 spiro atoms. The van der Waals surface area contributed by atoms with Crippen molar-refractivity contribution in [2.24, 2.45) is 5.41 Å². The van der Waals surface area contributed by atoms with Gasteiger partial charge in [-0.2, -0.15) is 0 Å². The predicted molar refractivity (Wildman–Crippen MR) is 169 cm³/mol. The van der Waals surface area contributed by atoms with Gasteiger partial charge < -0.3 is 54.7 Å². The van der Waals surface area contributed by atoms with E-state index < -0.39 is 65.8 Å². The first-order chi connectivity index (χ1) is 23.6. The second-order valence-electron chi connectivity index (χ2n) is 12.3. The molecule has 1 aromatic carbocycles. The molecule has 276 valence electrons. The second-order valence-corrected chi connectivity index (χ2v) is 12.3. The van der Waals surface area contributed by atoms with Gasteiger partial charge in [0.2, 0.25) is 18.1 Å². The number of hydrogen-bond donors (Lipinski definition) is 6. The zero-order valence-electron chi connectivity index (χ0n) is 27.9. The Hall–Kier alpha value is -4.46. The zero-order chi connectivity index (χ0) is 37.0. The number of nitrogens with one attached hydrogen (secondary N) is 2. The van der Waals surface area contributed by atoms with Crippen molar-refractivity contribution >= 4 is 41.3 Å². The van der Waals surface area contributed by atoms with E-state index in [0.717, 1.165) is 4.90 Å². The molecule has 2 aliphatic heterocycles. The SMILES string of the molecule is CC(C)(C)C(=O)OCc1ccc(OC2OC(C(=O)O)[C@@H](O)C(O)[C@H]2O)c(NC(=O)CCNC(=O)CCOCCOCCN2C(=O)C=CC2=O)c1. The zero-order valence-corrected chi connectivity index (χ0v) is 27.9. The number of aliphatic hydroxyl groups is 3. The summed E-state index contributed by atoms with van der Waals surface area (Å²) >= 11 is 0. The van der Waals surface area contributed by atoms with E-state index in [0.29, 0.717) is 5.56 Å². The maximum absolute atomic E-state index is 12.8. The van der Waals surface area contributed by atoms with Crippen LogP contribution < -0.4 is 15.4 Å². The van der Waals surface area contributed by atoms with Crippen LogP contribution in [-0.2, 0) is 54.3 Å². The molecule has 0 saturated carbocycles. The molecule has 50 heavy (non-hydrogen) atoms. The normalized spacial score (nSPS) is 22.0. The summed E-state index contributed by atoms with van der Waals surface area (Å²) < 4.78 is 26.8. The van der Waals surface area contributed by atoms with E-state index in [-0.39, 0.29) is 76.3 Å². The number of nitrogens with zero attached hydrogens (tertiary/aromatic N) is 1. The molecule has 1 fully saturated rings. The highest BCUT2D eigenvalue weighted by atomic mass is 16.7. The number of amides is 4. The van der Waals surface area contributed by atoms with Gasteiger partial charge in [-0.3, -0.25) is 28.9 Å². The topological polar surface area (TPSA) is 257 Å². The Kier molecular flexibility index (Phi) is 14.8. The summed E-state index contributed by atoms with van der Waals surface area (Å²) in [5, 5.41) is 45.0. The Morgan fingerprint density at radius 3 is 2.18 bits per heavy atom. The van der Waals surface area contributed by atoms with E-state index in [2.05, 4.69) is 10.6 Å². The van der Waals surface area contributed by atoms with Crippen molar-refractivity contribution in [3.8, 4) is 5.75 Å². The van der Waals surface area contributed by atoms with Crippen LogP contribution >= 0.6 is 0 Å². The Bertz CT molecular complexity index is 1410. The van der Waals surface area contributed by atoms with Crippen LogP contribution in [0.3, 0.4) is 0 Å². The molecule has 2 aliphatic rings. The van der Waals surface area contributed by atoms with Gasteiger partial charge in [-0.15, -0.1) is 0 Å². The van der Waals surface area contributed by atoms with E-state index in [1.54, 1.807) is 20.8 Å². The van der Waals surface area contributed by atoms with E-state index >= 15 is 0 Å². The van der Waals surface area contributed by atoms with Gasteiger partial charge in [0.05, 0.1) is 44.1 Å². The summed E-state index contributed by atoms with van der Waals surface area (Å²) in [6.45, 7) is 5.51. The molecule has 3 unspecified atom stereocenters. The lowest BCUT2D eigenvalue weighted by Gasteiger charge is -2.38. The number of hydrogen-bond acceptors (Lipinski definition) is 14. The van der Waals surface area contributed by atoms with Crippen LogP contribution in [0, 0.1) is 5.41 Å². The van der Waals surface area contributed by atoms with Crippen LogP contribution in [-0.4, -0.2) is 131 Å². The lowest BCUT2D eigenvalue weighted by Crippen LogP contribution is -2.61. The molecule has 18 nitrogen and oxygen atoms in total. The van der Waals surface area contributed by atoms with Gasteiger partial charge in [0.25, 0.3) is 11.8 Å². The smallest absolute Gasteiger partial charge is 0.335 e. The van der Waals surface area contributed by atoms with E-state index in [4.69, 9.17) is 23.7 Å². The van der Waals surface area contributed by atoms with Crippen LogP contribution in [0.4, 0.5) is 5.69 Å². The number of carboxylic acid groups (broad SMARTS) is 1. The number of rotatable bonds is 18. The summed E-state index contributed by atoms with van der Waals surface area (Å²) in [5.74, 6) is -3.95. The Morgan fingerprint density at radius 1 is 0.880 bits per heavy atom. The number of aliphatic hydroxyl groups excluding tert-OH is 3. The molecule has 0 aliphatic carbocycles. The lowest BCUT2D eigenvalue weighted by atomic mass is 9.97. The van der Waals surface area contributed by atoms with Gasteiger partial charge in [-0.1, -0.05) is 6.07 Å². The number of carbonyl (C=O) groups excluding carboxylic acids is 5. The molecular formula is C32H43N3O15. The highest BCUT2D eigenvalue weighted by Crippen LogP contribution is 2.31. The third kappa shape index (κ3) is 11.9. The van der Waals surface area contributed by atoms with Crippen LogP contribution in [0.25, 0.3) is 0 Å². The molecule has 5 atom stereocenters. The molecular weight excluding hydrogens is 666 g/mol. The van der Waals surface area contributed by atoms with Crippen LogP contribution in [0.5, 0.6) is 5.75 Å². The first-order valence-electron chi connectivity index (χ1n) is 15.7. The van der Waals surface area contributed by atoms with Gasteiger partial charge in [-0.05, 0) is 38.5 Å². The standard InChI is InChI=1S/C32H43N3O15/c1-32(2,3)31(45)48-17-18-4-5-20(49-30-27(42)25(40)26(41)28(50-30)29(43)44)19(16-18)34-22(37)8-10-33-21(36)9-12-46-14-15-47-13-11-35-23(38)6-7-24(35)39/h4-7,16,25-28,30,40-42H,8-15,17H2,1-3H3,(H,33,36)(H,34,37)(H,43,44)/t25?,26-,27+,28?,30?/m0/s1. The maximum atomic E-state index is 12.8. The number of imide groups is 1. The molecule has 4 amide bonds. The van der Waals surface area contributed by atoms with Crippen LogP contribution in [0.15, 0.2) is 30.4 Å². The maximum Gasteiger partial charge on any atom is 0.335 e. The van der Waals surface area contributed by atoms with E-state index in [1.165, 1.54) is 30.4 Å². The van der Waals surface area contributed by atoms with Crippen molar-refractivity contribution in [3.05, 3.63) is 35.9 Å². The number of aliphatic carboxylic acids is 1. The molecule has 18 heteroatoms. The van der Waals surface area contributed by atoms with Crippen molar-refractivity contribution in [3.63, 3.8) is 0 Å². The van der Waals surface area contributed by atoms with Gasteiger partial charge in [-0.25, -0.2) is 4.79 Å². The number of benzene rings is 1. The summed E-state index contributed by atoms with van der Waals surface area (Å²) in [7, 11) is 0. The molecule has 0 radical (unpaired) electrons. The van der Waals surface area contributed by atoms with Crippen molar-refractivity contribution in [1.29, 1.82) is 0 Å². The molecule has 0 bridgehead atoms. The van der Waals surface area contributed by atoms with Crippen molar-refractivity contribution < 1.29 is 72.9 Å². The first kappa shape index (κ1) is 40.0. The highest BCUT2D eigenvalue weighted by molar-refractivity contribution is 6.12. The first-order valence-corrected chi connectivity index (χ1v) is 15.7. The third-order valence-corrected chi connectivity index (χ3v) is 7.24.